The number of amides is 1. The van der Waals surface area contributed by atoms with Gasteiger partial charge in [-0.3, -0.25) is 24.3 Å². The van der Waals surface area contributed by atoms with Crippen LogP contribution >= 0.6 is 0 Å². The van der Waals surface area contributed by atoms with Crippen LogP contribution in [0.15, 0.2) is 41.3 Å². The zero-order valence-corrected chi connectivity index (χ0v) is 16.3. The molecule has 1 amide bonds. The van der Waals surface area contributed by atoms with Crippen LogP contribution in [0, 0.1) is 27.3 Å². The van der Waals surface area contributed by atoms with Gasteiger partial charge in [0.25, 0.3) is 11.2 Å². The Bertz CT molecular complexity index is 1040. The highest BCUT2D eigenvalue weighted by Gasteiger charge is 2.26. The predicted octanol–water partition coefficient (Wildman–Crippen LogP) is 3.13. The molecule has 1 aromatic carbocycles. The second-order valence-electron chi connectivity index (χ2n) is 7.35. The van der Waals surface area contributed by atoms with Gasteiger partial charge in [0, 0.05) is 18.7 Å². The number of nitro groups is 1. The van der Waals surface area contributed by atoms with Crippen LogP contribution < -0.4 is 5.56 Å². The quantitative estimate of drug-likeness (QED) is 0.535. The van der Waals surface area contributed by atoms with E-state index in [1.54, 1.807) is 23.1 Å². The molecule has 2 aromatic rings. The Morgan fingerprint density at radius 2 is 1.93 bits per heavy atom. The molecular weight excluding hydrogens is 391 g/mol. The molecule has 1 aliphatic carbocycles. The average molecular weight is 412 g/mol. The van der Waals surface area contributed by atoms with E-state index in [1.807, 2.05) is 0 Å². The second kappa shape index (κ2) is 9.31. The number of nitriles is 1. The van der Waals surface area contributed by atoms with Crippen LogP contribution in [0.25, 0.3) is 0 Å². The Morgan fingerprint density at radius 1 is 1.27 bits per heavy atom. The van der Waals surface area contributed by atoms with Gasteiger partial charge < -0.3 is 4.90 Å². The first kappa shape index (κ1) is 21.2. The maximum atomic E-state index is 13.2. The molecule has 8 nitrogen and oxygen atoms in total. The SMILES string of the molecule is N#Cc1cc([N+](=O)[O-])cn(CC(=O)N(Cc2ccc(F)cc2)C2CCCCC2)c1=O. The highest BCUT2D eigenvalue weighted by Crippen LogP contribution is 2.25. The van der Waals surface area contributed by atoms with Gasteiger partial charge in [-0.2, -0.15) is 5.26 Å². The molecule has 3 rings (SSSR count). The number of benzene rings is 1. The summed E-state index contributed by atoms with van der Waals surface area (Å²) in [5.41, 5.74) is -0.817. The van der Waals surface area contributed by atoms with E-state index in [1.165, 1.54) is 12.1 Å². The van der Waals surface area contributed by atoms with E-state index in [9.17, 15) is 24.1 Å². The van der Waals surface area contributed by atoms with Gasteiger partial charge >= 0.3 is 0 Å². The second-order valence-corrected chi connectivity index (χ2v) is 7.35. The number of pyridine rings is 1. The van der Waals surface area contributed by atoms with Gasteiger partial charge in [-0.15, -0.1) is 0 Å². The van der Waals surface area contributed by atoms with E-state index in [-0.39, 0.29) is 29.9 Å². The fourth-order valence-electron chi connectivity index (χ4n) is 3.75. The van der Waals surface area contributed by atoms with Gasteiger partial charge in [-0.1, -0.05) is 31.4 Å². The first-order chi connectivity index (χ1) is 14.4. The van der Waals surface area contributed by atoms with Crippen LogP contribution in [0.3, 0.4) is 0 Å². The maximum Gasteiger partial charge on any atom is 0.287 e. The van der Waals surface area contributed by atoms with E-state index in [0.717, 1.165) is 54.5 Å². The number of nitrogens with zero attached hydrogens (tertiary/aromatic N) is 4. The number of halogens is 1. The standard InChI is InChI=1S/C21H21FN4O4/c22-17-8-6-15(7-9-17)12-25(18-4-2-1-3-5-18)20(27)14-24-13-19(26(29)30)10-16(11-23)21(24)28/h6-10,13,18H,1-5,12,14H2. The molecule has 9 heteroatoms. The lowest BCUT2D eigenvalue weighted by atomic mass is 9.93. The number of rotatable bonds is 6. The van der Waals surface area contributed by atoms with E-state index in [0.29, 0.717) is 0 Å². The van der Waals surface area contributed by atoms with Crippen molar-refractivity contribution in [2.24, 2.45) is 0 Å². The molecular formula is C21H21FN4O4. The van der Waals surface area contributed by atoms with Crippen LogP contribution in [0.5, 0.6) is 0 Å². The van der Waals surface area contributed by atoms with Gasteiger partial charge in [-0.05, 0) is 30.5 Å². The van der Waals surface area contributed by atoms with Crippen molar-refractivity contribution in [3.05, 3.63) is 73.9 Å². The van der Waals surface area contributed by atoms with Crippen molar-refractivity contribution in [3.63, 3.8) is 0 Å². The Labute approximate surface area is 172 Å². The molecule has 1 aromatic heterocycles. The van der Waals surface area contributed by atoms with Crippen molar-refractivity contribution in [3.8, 4) is 6.07 Å². The van der Waals surface area contributed by atoms with E-state index in [4.69, 9.17) is 5.26 Å². The van der Waals surface area contributed by atoms with Gasteiger partial charge in [0.2, 0.25) is 5.91 Å². The number of aromatic nitrogens is 1. The monoisotopic (exact) mass is 412 g/mol. The van der Waals surface area contributed by atoms with Gasteiger partial charge in [-0.25, -0.2) is 4.39 Å². The smallest absolute Gasteiger partial charge is 0.287 e. The van der Waals surface area contributed by atoms with Gasteiger partial charge in [0.1, 0.15) is 24.0 Å². The summed E-state index contributed by atoms with van der Waals surface area (Å²) >= 11 is 0. The summed E-state index contributed by atoms with van der Waals surface area (Å²) in [6.07, 6.45) is 5.67. The molecule has 0 bridgehead atoms. The van der Waals surface area contributed by atoms with Crippen molar-refractivity contribution < 1.29 is 14.1 Å². The van der Waals surface area contributed by atoms with Crippen LogP contribution in [-0.4, -0.2) is 26.3 Å². The molecule has 156 valence electrons. The Morgan fingerprint density at radius 3 is 2.53 bits per heavy atom. The molecule has 30 heavy (non-hydrogen) atoms. The fourth-order valence-corrected chi connectivity index (χ4v) is 3.75. The third kappa shape index (κ3) is 4.89. The average Bonchev–Trinajstić information content (AvgIpc) is 2.75. The Kier molecular flexibility index (Phi) is 6.57. The lowest BCUT2D eigenvalue weighted by Crippen LogP contribution is -2.43. The van der Waals surface area contributed by atoms with Crippen molar-refractivity contribution in [2.45, 2.75) is 51.2 Å². The maximum absolute atomic E-state index is 13.2. The summed E-state index contributed by atoms with van der Waals surface area (Å²) in [7, 11) is 0. The number of carbonyl (C=O) groups excluding carboxylic acids is 1. The minimum atomic E-state index is -0.748. The third-order valence-corrected chi connectivity index (χ3v) is 5.31. The summed E-state index contributed by atoms with van der Waals surface area (Å²) in [5.74, 6) is -0.751. The Hall–Kier alpha value is -3.54. The fraction of sp³-hybridized carbons (Fsp3) is 0.381. The molecule has 0 spiro atoms. The van der Waals surface area contributed by atoms with Crippen molar-refractivity contribution >= 4 is 11.6 Å². The summed E-state index contributed by atoms with van der Waals surface area (Å²) in [6.45, 7) is -0.161. The van der Waals surface area contributed by atoms with Crippen LogP contribution in [-0.2, 0) is 17.9 Å². The molecule has 0 N–H and O–H groups in total. The number of carbonyl (C=O) groups is 1. The van der Waals surface area contributed by atoms with E-state index in [2.05, 4.69) is 0 Å². The Balaban J connectivity index is 1.90. The first-order valence-corrected chi connectivity index (χ1v) is 9.72. The number of hydrogen-bond donors (Lipinski definition) is 0. The van der Waals surface area contributed by atoms with E-state index < -0.39 is 22.7 Å². The van der Waals surface area contributed by atoms with Crippen molar-refractivity contribution in [1.82, 2.24) is 9.47 Å². The van der Waals surface area contributed by atoms with Crippen LogP contribution in [0.4, 0.5) is 10.1 Å². The lowest BCUT2D eigenvalue weighted by Gasteiger charge is -2.34. The minimum absolute atomic E-state index is 0.0267. The third-order valence-electron chi connectivity index (χ3n) is 5.31. The zero-order valence-electron chi connectivity index (χ0n) is 16.3. The number of hydrogen-bond acceptors (Lipinski definition) is 5. The molecule has 1 fully saturated rings. The highest BCUT2D eigenvalue weighted by molar-refractivity contribution is 5.76. The summed E-state index contributed by atoms with van der Waals surface area (Å²) in [6, 6.07) is 8.37. The summed E-state index contributed by atoms with van der Waals surface area (Å²) < 4.78 is 14.2. The normalized spacial score (nSPS) is 14.1. The lowest BCUT2D eigenvalue weighted by molar-refractivity contribution is -0.385. The molecule has 1 heterocycles. The zero-order chi connectivity index (χ0) is 21.7. The topological polar surface area (TPSA) is 109 Å². The largest absolute Gasteiger partial charge is 0.334 e. The summed E-state index contributed by atoms with van der Waals surface area (Å²) in [4.78, 5) is 37.6. The highest BCUT2D eigenvalue weighted by atomic mass is 19.1. The van der Waals surface area contributed by atoms with E-state index >= 15 is 0 Å². The van der Waals surface area contributed by atoms with Crippen LogP contribution in [0.2, 0.25) is 0 Å². The van der Waals surface area contributed by atoms with Gasteiger partial charge in [0.05, 0.1) is 11.1 Å². The predicted molar refractivity (Wildman–Crippen MR) is 106 cm³/mol. The minimum Gasteiger partial charge on any atom is -0.334 e. The first-order valence-electron chi connectivity index (χ1n) is 9.72. The summed E-state index contributed by atoms with van der Waals surface area (Å²) in [5, 5.41) is 20.2. The molecule has 1 aliphatic rings. The van der Waals surface area contributed by atoms with Crippen molar-refractivity contribution in [1.29, 1.82) is 5.26 Å². The molecule has 1 saturated carbocycles. The molecule has 0 atom stereocenters. The van der Waals surface area contributed by atoms with Gasteiger partial charge in [0.15, 0.2) is 0 Å². The van der Waals surface area contributed by atoms with Crippen LogP contribution in [0.1, 0.15) is 43.2 Å². The molecule has 0 saturated heterocycles. The van der Waals surface area contributed by atoms with Crippen molar-refractivity contribution in [2.75, 3.05) is 0 Å². The molecule has 0 radical (unpaired) electrons. The molecule has 0 unspecified atom stereocenters. The molecule has 0 aliphatic heterocycles.